The molecule has 8 rings (SSSR count). The molecule has 4 atom stereocenters. The first-order chi connectivity index (χ1) is 27.6. The normalized spacial score (nSPS) is 21.6. The van der Waals surface area contributed by atoms with Crippen LogP contribution in [-0.2, 0) is 26.2 Å². The highest BCUT2D eigenvalue weighted by atomic mass is 32.2. The van der Waals surface area contributed by atoms with Crippen molar-refractivity contribution in [3.8, 4) is 23.0 Å². The largest absolute Gasteiger partial charge is 0.394 e. The van der Waals surface area contributed by atoms with Crippen LogP contribution in [0.5, 0.6) is 0 Å². The summed E-state index contributed by atoms with van der Waals surface area (Å²) in [6, 6.07) is 25.8. The molecule has 10 nitrogen and oxygen atoms in total. The second-order valence-corrected chi connectivity index (χ2v) is 18.3. The number of carbonyl (C=O) groups is 3. The summed E-state index contributed by atoms with van der Waals surface area (Å²) in [6.45, 7) is 2.64. The third-order valence-electron chi connectivity index (χ3n) is 11.6. The van der Waals surface area contributed by atoms with E-state index in [9.17, 15) is 27.9 Å². The third-order valence-corrected chi connectivity index (χ3v) is 14.7. The van der Waals surface area contributed by atoms with Crippen molar-refractivity contribution in [3.63, 3.8) is 0 Å². The highest BCUT2D eigenvalue weighted by molar-refractivity contribution is 7.99. The molecule has 294 valence electrons. The van der Waals surface area contributed by atoms with E-state index in [2.05, 4.69) is 40.7 Å². The Morgan fingerprint density at radius 3 is 2.53 bits per heavy atom. The Hall–Kier alpha value is -4.93. The first-order valence-electron chi connectivity index (χ1n) is 19.7. The average Bonchev–Trinajstić information content (AvgIpc) is 3.82. The van der Waals surface area contributed by atoms with Gasteiger partial charge in [-0.25, -0.2) is 8.42 Å². The Bertz CT molecular complexity index is 2390. The van der Waals surface area contributed by atoms with Gasteiger partial charge in [0.15, 0.2) is 0 Å². The minimum absolute atomic E-state index is 0.0590. The fraction of sp³-hybridized carbons (Fsp3) is 0.356. The van der Waals surface area contributed by atoms with Gasteiger partial charge in [-0.05, 0) is 109 Å². The number of benzene rings is 4. The Labute approximate surface area is 338 Å². The van der Waals surface area contributed by atoms with Gasteiger partial charge in [-0.15, -0.1) is 11.8 Å². The summed E-state index contributed by atoms with van der Waals surface area (Å²) in [5, 5.41) is 16.1. The lowest BCUT2D eigenvalue weighted by Crippen LogP contribution is -2.52. The number of imide groups is 1. The number of hydrogen-bond acceptors (Lipinski definition) is 8. The summed E-state index contributed by atoms with van der Waals surface area (Å²) >= 11 is 1.74. The van der Waals surface area contributed by atoms with E-state index in [4.69, 9.17) is 0 Å². The van der Waals surface area contributed by atoms with Gasteiger partial charge in [-0.3, -0.25) is 19.7 Å². The van der Waals surface area contributed by atoms with E-state index in [0.29, 0.717) is 31.5 Å². The molecule has 4 aliphatic heterocycles. The highest BCUT2D eigenvalue weighted by Gasteiger charge is 2.48. The maximum Gasteiger partial charge on any atom is 0.255 e. The van der Waals surface area contributed by atoms with E-state index in [1.165, 1.54) is 0 Å². The monoisotopic (exact) mass is 802 g/mol. The van der Waals surface area contributed by atoms with Crippen molar-refractivity contribution in [1.82, 2.24) is 14.5 Å². The number of rotatable bonds is 11. The second kappa shape index (κ2) is 16.5. The summed E-state index contributed by atoms with van der Waals surface area (Å²) in [6.07, 6.45) is 5.03. The lowest BCUT2D eigenvalue weighted by molar-refractivity contribution is -0.136. The van der Waals surface area contributed by atoms with E-state index in [-0.39, 0.29) is 47.7 Å². The number of aliphatic hydroxyl groups excluding tert-OH is 1. The Morgan fingerprint density at radius 1 is 0.912 bits per heavy atom. The van der Waals surface area contributed by atoms with Crippen LogP contribution in [0.15, 0.2) is 94.7 Å². The summed E-state index contributed by atoms with van der Waals surface area (Å²) in [7, 11) is -3.76. The Balaban J connectivity index is 0.874. The molecule has 1 unspecified atom stereocenters. The van der Waals surface area contributed by atoms with Crippen LogP contribution in [0.4, 0.5) is 5.69 Å². The summed E-state index contributed by atoms with van der Waals surface area (Å²) in [5.74, 6) is 6.69. The molecule has 3 N–H and O–H groups in total. The van der Waals surface area contributed by atoms with Crippen molar-refractivity contribution in [2.75, 3.05) is 24.2 Å². The molecule has 0 aliphatic carbocycles. The predicted octanol–water partition coefficient (Wildman–Crippen LogP) is 6.67. The Kier molecular flexibility index (Phi) is 11.3. The molecule has 4 aliphatic rings. The van der Waals surface area contributed by atoms with Crippen LogP contribution in [0.3, 0.4) is 0 Å². The van der Waals surface area contributed by atoms with Crippen LogP contribution in [0, 0.1) is 24.7 Å². The first kappa shape index (κ1) is 38.9. The van der Waals surface area contributed by atoms with Crippen molar-refractivity contribution in [2.24, 2.45) is 5.92 Å². The first-order valence-corrected chi connectivity index (χ1v) is 22.1. The van der Waals surface area contributed by atoms with Gasteiger partial charge in [0.05, 0.1) is 23.6 Å². The van der Waals surface area contributed by atoms with E-state index in [1.54, 1.807) is 33.1 Å². The summed E-state index contributed by atoms with van der Waals surface area (Å²) in [4.78, 5) is 40.2. The molecule has 4 aromatic carbocycles. The van der Waals surface area contributed by atoms with Crippen LogP contribution >= 0.6 is 11.8 Å². The summed E-state index contributed by atoms with van der Waals surface area (Å²) in [5.41, 5.74) is 7.27. The zero-order valence-electron chi connectivity index (χ0n) is 31.9. The average molecular weight is 803 g/mol. The number of nitrogens with one attached hydrogen (secondary N) is 2. The van der Waals surface area contributed by atoms with E-state index < -0.39 is 22.0 Å². The minimum atomic E-state index is -3.76. The predicted molar refractivity (Wildman–Crippen MR) is 221 cm³/mol. The molecular formula is C45H46N4O6S2. The van der Waals surface area contributed by atoms with Crippen molar-refractivity contribution >= 4 is 45.2 Å². The van der Waals surface area contributed by atoms with Crippen LogP contribution in [0.25, 0.3) is 11.1 Å². The van der Waals surface area contributed by atoms with E-state index >= 15 is 0 Å². The van der Waals surface area contributed by atoms with Gasteiger partial charge >= 0.3 is 0 Å². The number of carbonyl (C=O) groups excluding carboxylic acids is 3. The molecule has 0 radical (unpaired) electrons. The Morgan fingerprint density at radius 2 is 1.72 bits per heavy atom. The molecule has 2 fully saturated rings. The second-order valence-electron chi connectivity index (χ2n) is 15.3. The number of nitrogens with zero attached hydrogens (tertiary/aromatic N) is 2. The lowest BCUT2D eigenvalue weighted by atomic mass is 9.82. The third kappa shape index (κ3) is 7.86. The van der Waals surface area contributed by atoms with Gasteiger partial charge in [0.2, 0.25) is 21.8 Å². The van der Waals surface area contributed by atoms with Crippen LogP contribution in [-0.4, -0.2) is 71.4 Å². The zero-order chi connectivity index (χ0) is 39.7. The van der Waals surface area contributed by atoms with Crippen molar-refractivity contribution in [3.05, 3.63) is 113 Å². The van der Waals surface area contributed by atoms with Crippen molar-refractivity contribution < 1.29 is 27.9 Å². The van der Waals surface area contributed by atoms with Crippen LogP contribution in [0.1, 0.15) is 83.6 Å². The van der Waals surface area contributed by atoms with Crippen molar-refractivity contribution in [1.29, 1.82) is 0 Å². The van der Waals surface area contributed by atoms with Gasteiger partial charge in [0.1, 0.15) is 6.04 Å². The number of aryl methyl sites for hydroxylation is 1. The number of anilines is 1. The molecule has 4 heterocycles. The zero-order valence-corrected chi connectivity index (χ0v) is 33.5. The maximum absolute atomic E-state index is 14.0. The molecule has 0 spiro atoms. The number of unbranched alkanes of at least 4 members (excludes halogenated alkanes) is 3. The summed E-state index contributed by atoms with van der Waals surface area (Å²) < 4.78 is 29.6. The lowest BCUT2D eigenvalue weighted by Gasteiger charge is -2.39. The molecule has 0 saturated carbocycles. The fourth-order valence-corrected chi connectivity index (χ4v) is 11.4. The number of hydrogen-bond donors (Lipinski definition) is 3. The van der Waals surface area contributed by atoms with Crippen molar-refractivity contribution in [2.45, 2.75) is 86.3 Å². The fourth-order valence-electron chi connectivity index (χ4n) is 8.62. The van der Waals surface area contributed by atoms with Crippen LogP contribution in [0.2, 0.25) is 0 Å². The van der Waals surface area contributed by atoms with Gasteiger partial charge in [0.25, 0.3) is 5.91 Å². The highest BCUT2D eigenvalue weighted by Crippen LogP contribution is 2.49. The smallest absolute Gasteiger partial charge is 0.255 e. The van der Waals surface area contributed by atoms with Gasteiger partial charge in [-0.2, -0.15) is 4.31 Å². The van der Waals surface area contributed by atoms with E-state index in [0.717, 1.165) is 75.4 Å². The number of amides is 3. The van der Waals surface area contributed by atoms with Gasteiger partial charge in [0, 0.05) is 53.6 Å². The molecule has 57 heavy (non-hydrogen) atoms. The number of piperidine rings is 1. The quantitative estimate of drug-likeness (QED) is 0.0663. The van der Waals surface area contributed by atoms with Crippen LogP contribution < -0.4 is 10.6 Å². The number of sulfonamides is 1. The molecule has 3 amide bonds. The molecule has 0 aromatic heterocycles. The molecule has 2 saturated heterocycles. The SMILES string of the molecule is Cc1ccc(S(=O)(=O)N2CC[C@@H]3[C@H](CO)Nc4ccc(-c5cccc(C#CCCCCCSc6cccc7c6CN(C6CCC(=O)NC6=O)C7=O)c5)cc4[C@@H]32)cc1. The number of fused-ring (bicyclic) bond motifs is 4. The minimum Gasteiger partial charge on any atom is -0.394 e. The number of aliphatic hydroxyl groups is 1. The number of thioether (sulfide) groups is 1. The maximum atomic E-state index is 14.0. The van der Waals surface area contributed by atoms with Gasteiger partial charge in [-0.1, -0.05) is 60.2 Å². The van der Waals surface area contributed by atoms with E-state index in [1.807, 2.05) is 61.5 Å². The molecule has 12 heteroatoms. The molecular weight excluding hydrogens is 757 g/mol. The molecule has 4 aromatic rings. The topological polar surface area (TPSA) is 136 Å². The molecule has 0 bridgehead atoms. The van der Waals surface area contributed by atoms with Gasteiger partial charge < -0.3 is 15.3 Å². The standard InChI is InChI=1S/C45H46N4O6S2/c1-29-14-17-33(18-15-29)57(54,55)49-23-22-35-39(28-50)46-38-19-16-32(26-36(38)43(35)49)31-11-7-10-30(25-31)9-5-3-2-4-6-24-56-41-13-8-12-34-37(41)27-48(45(34)53)40-20-21-42(51)47-44(40)52/h7-8,10-19,25-26,35,39-40,43,46,50H,2-4,6,20-24,27-28H2,1H3,(H,47,51,52)/t35-,39+,40?,43-/m1/s1.